The average molecular weight is 241 g/mol. The third-order valence-corrected chi connectivity index (χ3v) is 2.73. The minimum Gasteiger partial charge on any atom is -0.465 e. The normalized spacial score (nSPS) is 21.6. The first kappa shape index (κ1) is 8.75. The second-order valence-corrected chi connectivity index (χ2v) is 4.05. The van der Waals surface area contributed by atoms with Gasteiger partial charge >= 0.3 is 5.97 Å². The van der Waals surface area contributed by atoms with E-state index in [1.165, 1.54) is 5.56 Å². The summed E-state index contributed by atoms with van der Waals surface area (Å²) in [6.07, 6.45) is 0.516. The van der Waals surface area contributed by atoms with Gasteiger partial charge in [0.05, 0.1) is 13.0 Å². The van der Waals surface area contributed by atoms with Crippen molar-refractivity contribution in [3.63, 3.8) is 0 Å². The minimum absolute atomic E-state index is 0.0899. The Kier molecular flexibility index (Phi) is 2.36. The molecule has 1 fully saturated rings. The lowest BCUT2D eigenvalue weighted by Gasteiger charge is -2.05. The van der Waals surface area contributed by atoms with E-state index in [-0.39, 0.29) is 11.9 Å². The van der Waals surface area contributed by atoms with Crippen molar-refractivity contribution in [2.24, 2.45) is 0 Å². The molecular formula is C10H9BrO2. The summed E-state index contributed by atoms with van der Waals surface area (Å²) in [4.78, 5) is 10.9. The van der Waals surface area contributed by atoms with Crippen LogP contribution in [0.4, 0.5) is 0 Å². The fraction of sp³-hybridized carbons (Fsp3) is 0.300. The number of hydrogen-bond acceptors (Lipinski definition) is 2. The van der Waals surface area contributed by atoms with Gasteiger partial charge in [0.15, 0.2) is 0 Å². The third-order valence-electron chi connectivity index (χ3n) is 2.20. The van der Waals surface area contributed by atoms with Crippen molar-refractivity contribution in [1.82, 2.24) is 0 Å². The number of ether oxygens (including phenoxy) is 1. The van der Waals surface area contributed by atoms with Crippen molar-refractivity contribution in [3.05, 3.63) is 34.3 Å². The largest absolute Gasteiger partial charge is 0.465 e. The third kappa shape index (κ3) is 1.91. The lowest BCUT2D eigenvalue weighted by molar-refractivity contribution is -0.137. The van der Waals surface area contributed by atoms with Crippen LogP contribution in [-0.4, -0.2) is 12.6 Å². The summed E-state index contributed by atoms with van der Waals surface area (Å²) in [5.41, 5.74) is 1.18. The van der Waals surface area contributed by atoms with E-state index in [0.717, 1.165) is 4.47 Å². The molecule has 1 aliphatic heterocycles. The molecule has 1 atom stereocenters. The monoisotopic (exact) mass is 240 g/mol. The van der Waals surface area contributed by atoms with Gasteiger partial charge in [0, 0.05) is 10.4 Å². The van der Waals surface area contributed by atoms with Crippen LogP contribution in [0, 0.1) is 0 Å². The van der Waals surface area contributed by atoms with E-state index >= 15 is 0 Å². The Morgan fingerprint density at radius 3 is 2.54 bits per heavy atom. The Hall–Kier alpha value is -0.830. The van der Waals surface area contributed by atoms with Gasteiger partial charge in [-0.3, -0.25) is 4.79 Å². The van der Waals surface area contributed by atoms with Crippen LogP contribution in [-0.2, 0) is 9.53 Å². The van der Waals surface area contributed by atoms with Gasteiger partial charge in [0.1, 0.15) is 0 Å². The van der Waals surface area contributed by atoms with Gasteiger partial charge in [0.25, 0.3) is 0 Å². The molecule has 1 aromatic carbocycles. The first-order valence-electron chi connectivity index (χ1n) is 4.17. The summed E-state index contributed by atoms with van der Waals surface area (Å²) in [5.74, 6) is 0.161. The lowest BCUT2D eigenvalue weighted by Crippen LogP contribution is -1.96. The Bertz CT molecular complexity index is 318. The summed E-state index contributed by atoms with van der Waals surface area (Å²) in [7, 11) is 0. The summed E-state index contributed by atoms with van der Waals surface area (Å²) in [6.45, 7) is 0.528. The van der Waals surface area contributed by atoms with Crippen LogP contribution in [0.5, 0.6) is 0 Å². The number of hydrogen-bond donors (Lipinski definition) is 0. The average Bonchev–Trinajstić information content (AvgIpc) is 2.53. The Balaban J connectivity index is 2.17. The quantitative estimate of drug-likeness (QED) is 0.706. The summed E-state index contributed by atoms with van der Waals surface area (Å²) >= 11 is 3.37. The van der Waals surface area contributed by atoms with Crippen LogP contribution in [0.15, 0.2) is 28.7 Å². The molecule has 2 rings (SSSR count). The van der Waals surface area contributed by atoms with Crippen molar-refractivity contribution in [3.8, 4) is 0 Å². The number of carbonyl (C=O) groups is 1. The maximum atomic E-state index is 10.9. The zero-order valence-corrected chi connectivity index (χ0v) is 8.58. The number of rotatable bonds is 1. The van der Waals surface area contributed by atoms with Crippen LogP contribution in [0.25, 0.3) is 0 Å². The van der Waals surface area contributed by atoms with Crippen molar-refractivity contribution >= 4 is 21.9 Å². The predicted molar refractivity (Wildman–Crippen MR) is 52.5 cm³/mol. The highest BCUT2D eigenvalue weighted by Crippen LogP contribution is 2.26. The number of benzene rings is 1. The van der Waals surface area contributed by atoms with Crippen LogP contribution in [0.1, 0.15) is 17.9 Å². The van der Waals surface area contributed by atoms with Crippen molar-refractivity contribution in [2.45, 2.75) is 12.3 Å². The summed E-state index contributed by atoms with van der Waals surface area (Å²) in [5, 5.41) is 0. The molecule has 1 heterocycles. The molecular weight excluding hydrogens is 232 g/mol. The maximum Gasteiger partial charge on any atom is 0.306 e. The number of halogens is 1. The second-order valence-electron chi connectivity index (χ2n) is 3.14. The van der Waals surface area contributed by atoms with Crippen LogP contribution in [0.3, 0.4) is 0 Å². The minimum atomic E-state index is -0.0899. The predicted octanol–water partition coefficient (Wildman–Crippen LogP) is 2.48. The van der Waals surface area contributed by atoms with Gasteiger partial charge in [-0.25, -0.2) is 0 Å². The van der Waals surface area contributed by atoms with Gasteiger partial charge in [0.2, 0.25) is 0 Å². The van der Waals surface area contributed by atoms with E-state index < -0.39 is 0 Å². The van der Waals surface area contributed by atoms with Gasteiger partial charge in [-0.05, 0) is 17.7 Å². The highest BCUT2D eigenvalue weighted by molar-refractivity contribution is 9.10. The van der Waals surface area contributed by atoms with E-state index in [4.69, 9.17) is 4.74 Å². The second kappa shape index (κ2) is 3.50. The zero-order chi connectivity index (χ0) is 9.26. The standard InChI is InChI=1S/C10H9BrO2/c11-9-3-1-7(2-4-9)8-5-10(12)13-6-8/h1-4,8H,5-6H2/t8-/m0/s1. The molecule has 13 heavy (non-hydrogen) atoms. The Morgan fingerprint density at radius 2 is 2.00 bits per heavy atom. The molecule has 1 aliphatic rings. The molecule has 0 aliphatic carbocycles. The molecule has 0 saturated carbocycles. The molecule has 0 aromatic heterocycles. The molecule has 0 radical (unpaired) electrons. The Labute approximate surface area is 85.0 Å². The highest BCUT2D eigenvalue weighted by Gasteiger charge is 2.24. The smallest absolute Gasteiger partial charge is 0.306 e. The zero-order valence-electron chi connectivity index (χ0n) is 7.00. The summed E-state index contributed by atoms with van der Waals surface area (Å²) in [6, 6.07) is 8.02. The number of carbonyl (C=O) groups excluding carboxylic acids is 1. The van der Waals surface area contributed by atoms with E-state index in [1.54, 1.807) is 0 Å². The van der Waals surface area contributed by atoms with Gasteiger partial charge in [-0.2, -0.15) is 0 Å². The van der Waals surface area contributed by atoms with E-state index in [2.05, 4.69) is 15.9 Å². The van der Waals surface area contributed by atoms with Crippen LogP contribution < -0.4 is 0 Å². The first-order chi connectivity index (χ1) is 6.25. The highest BCUT2D eigenvalue weighted by atomic mass is 79.9. The van der Waals surface area contributed by atoms with Gasteiger partial charge < -0.3 is 4.74 Å². The number of esters is 1. The van der Waals surface area contributed by atoms with Crippen molar-refractivity contribution in [1.29, 1.82) is 0 Å². The molecule has 68 valence electrons. The van der Waals surface area contributed by atoms with Crippen molar-refractivity contribution in [2.75, 3.05) is 6.61 Å². The van der Waals surface area contributed by atoms with Gasteiger partial charge in [-0.1, -0.05) is 28.1 Å². The maximum absolute atomic E-state index is 10.9. The molecule has 0 spiro atoms. The molecule has 1 aromatic rings. The van der Waals surface area contributed by atoms with E-state index in [1.807, 2.05) is 24.3 Å². The SMILES string of the molecule is O=C1C[C@H](c2ccc(Br)cc2)CO1. The van der Waals surface area contributed by atoms with Crippen LogP contribution in [0.2, 0.25) is 0 Å². The molecule has 0 unspecified atom stereocenters. The topological polar surface area (TPSA) is 26.3 Å². The van der Waals surface area contributed by atoms with Crippen LogP contribution >= 0.6 is 15.9 Å². The van der Waals surface area contributed by atoms with E-state index in [0.29, 0.717) is 13.0 Å². The lowest BCUT2D eigenvalue weighted by atomic mass is 9.99. The fourth-order valence-electron chi connectivity index (χ4n) is 1.46. The summed E-state index contributed by atoms with van der Waals surface area (Å²) < 4.78 is 5.96. The molecule has 2 nitrogen and oxygen atoms in total. The fourth-order valence-corrected chi connectivity index (χ4v) is 1.73. The van der Waals surface area contributed by atoms with Crippen molar-refractivity contribution < 1.29 is 9.53 Å². The molecule has 0 amide bonds. The van der Waals surface area contributed by atoms with E-state index in [9.17, 15) is 4.79 Å². The number of cyclic esters (lactones) is 1. The molecule has 1 saturated heterocycles. The molecule has 0 bridgehead atoms. The first-order valence-corrected chi connectivity index (χ1v) is 4.96. The Morgan fingerprint density at radius 1 is 1.31 bits per heavy atom. The molecule has 0 N–H and O–H groups in total. The van der Waals surface area contributed by atoms with Gasteiger partial charge in [-0.15, -0.1) is 0 Å². The molecule has 3 heteroatoms.